The van der Waals surface area contributed by atoms with Crippen molar-refractivity contribution in [1.82, 2.24) is 0 Å². The first-order valence-corrected chi connectivity index (χ1v) is 9.50. The summed E-state index contributed by atoms with van der Waals surface area (Å²) in [5.41, 5.74) is 0. The zero-order valence-electron chi connectivity index (χ0n) is 12.3. The Morgan fingerprint density at radius 3 is 1.09 bits per heavy atom. The fourth-order valence-electron chi connectivity index (χ4n) is 2.90. The second kappa shape index (κ2) is 7.98. The molecule has 0 heterocycles. The molecule has 0 aliphatic heterocycles. The second-order valence-electron chi connectivity index (χ2n) is 5.12. The van der Waals surface area contributed by atoms with E-state index in [0.29, 0.717) is 0 Å². The van der Waals surface area contributed by atoms with Crippen LogP contribution in [0.4, 0.5) is 4.79 Å². The zero-order chi connectivity index (χ0) is 15.4. The second-order valence-corrected chi connectivity index (χ2v) is 9.47. The van der Waals surface area contributed by atoms with Crippen LogP contribution in [0, 0.1) is 0 Å². The minimum atomic E-state index is -2.87. The summed E-state index contributed by atoms with van der Waals surface area (Å²) in [5, 5.41) is 3.02. The molecule has 0 fully saturated rings. The minimum Gasteiger partial charge on any atom is 0 e. The van der Waals surface area contributed by atoms with Gasteiger partial charge in [0.25, 0.3) is 0 Å². The van der Waals surface area contributed by atoms with Crippen molar-refractivity contribution < 1.29 is 24.3 Å². The van der Waals surface area contributed by atoms with Gasteiger partial charge in [0.15, 0.2) is 0 Å². The smallest absolute Gasteiger partial charge is 0 e. The minimum absolute atomic E-state index is 0. The summed E-state index contributed by atoms with van der Waals surface area (Å²) in [6.45, 7) is 0. The van der Waals surface area contributed by atoms with Gasteiger partial charge in [0.05, 0.1) is 0 Å². The first-order chi connectivity index (χ1) is 10.8. The van der Waals surface area contributed by atoms with Gasteiger partial charge in [0.2, 0.25) is 0 Å². The van der Waals surface area contributed by atoms with E-state index in [2.05, 4.69) is 0 Å². The molecule has 23 heavy (non-hydrogen) atoms. The Balaban J connectivity index is 0.00000192. The number of carbonyl (C=O) groups excluding carboxylic acids is 1. The Morgan fingerprint density at radius 2 is 0.870 bits per heavy atom. The third-order valence-corrected chi connectivity index (χ3v) is 8.95. The molecule has 0 aliphatic carbocycles. The maximum absolute atomic E-state index is 12.7. The van der Waals surface area contributed by atoms with Gasteiger partial charge >= 0.3 is 136 Å². The van der Waals surface area contributed by atoms with Crippen LogP contribution >= 0.6 is 18.9 Å². The van der Waals surface area contributed by atoms with Crippen molar-refractivity contribution in [1.29, 1.82) is 0 Å². The fourth-order valence-corrected chi connectivity index (χ4v) is 7.65. The number of carbonyl (C=O) groups is 1. The van der Waals surface area contributed by atoms with Gasteiger partial charge in [-0.1, -0.05) is 0 Å². The van der Waals surface area contributed by atoms with Crippen molar-refractivity contribution in [3.8, 4) is 0 Å². The molecule has 0 spiro atoms. The van der Waals surface area contributed by atoms with E-state index in [1.165, 1.54) is 0 Å². The average molecular weight is 430 g/mol. The van der Waals surface area contributed by atoms with Gasteiger partial charge in [0.1, 0.15) is 0 Å². The molecule has 119 valence electrons. The fraction of sp³-hybridized carbons (Fsp3) is 0. The van der Waals surface area contributed by atoms with Gasteiger partial charge in [-0.05, 0) is 0 Å². The molecule has 0 atom stereocenters. The molecule has 3 rings (SSSR count). The van der Waals surface area contributed by atoms with E-state index in [0.717, 1.165) is 15.9 Å². The normalized spacial score (nSPS) is 11.3. The van der Waals surface area contributed by atoms with E-state index in [1.54, 1.807) is 0 Å². The predicted molar refractivity (Wildman–Crippen MR) is 97.8 cm³/mol. The van der Waals surface area contributed by atoms with Crippen LogP contribution in [0.1, 0.15) is 0 Å². The predicted octanol–water partition coefficient (Wildman–Crippen LogP) is 4.07. The van der Waals surface area contributed by atoms with Crippen LogP contribution in [-0.4, -0.2) is 4.98 Å². The monoisotopic (exact) mass is 429 g/mol. The molecule has 4 heteroatoms. The van der Waals surface area contributed by atoms with Gasteiger partial charge in [-0.25, -0.2) is 0 Å². The number of rotatable bonds is 4. The maximum Gasteiger partial charge on any atom is 0 e. The van der Waals surface area contributed by atoms with Crippen LogP contribution in [0.25, 0.3) is 0 Å². The molecule has 3 aromatic rings. The Labute approximate surface area is 154 Å². The van der Waals surface area contributed by atoms with Crippen molar-refractivity contribution in [3.63, 3.8) is 0 Å². The largest absolute Gasteiger partial charge is 0 e. The van der Waals surface area contributed by atoms with E-state index in [1.807, 2.05) is 91.0 Å². The summed E-state index contributed by atoms with van der Waals surface area (Å²) in [7, 11) is -2.87. The number of hydrogen-bond acceptors (Lipinski definition) is 1. The van der Waals surface area contributed by atoms with Crippen LogP contribution in [0.3, 0.4) is 0 Å². The molecular weight excluding hydrogens is 414 g/mol. The molecule has 3 aromatic carbocycles. The van der Waals surface area contributed by atoms with Gasteiger partial charge in [-0.3, -0.25) is 0 Å². The molecule has 0 unspecified atom stereocenters. The van der Waals surface area contributed by atoms with Crippen LogP contribution in [0.2, 0.25) is 0 Å². The summed E-state index contributed by atoms with van der Waals surface area (Å²) in [6, 6.07) is 29.7. The summed E-state index contributed by atoms with van der Waals surface area (Å²) in [6.07, 6.45) is 0. The summed E-state index contributed by atoms with van der Waals surface area (Å²) in [4.78, 5) is 12.4. The van der Waals surface area contributed by atoms with Gasteiger partial charge < -0.3 is 0 Å². The van der Waals surface area contributed by atoms with E-state index >= 15 is 0 Å². The van der Waals surface area contributed by atoms with E-state index in [-0.39, 0.29) is 24.5 Å². The van der Waals surface area contributed by atoms with Gasteiger partial charge in [0, 0.05) is 19.5 Å². The zero-order valence-corrected chi connectivity index (χ0v) is 15.7. The average Bonchev–Trinajstić information content (AvgIpc) is 2.58. The van der Waals surface area contributed by atoms with Crippen LogP contribution in [-0.2, 0) is 19.5 Å². The van der Waals surface area contributed by atoms with Crippen LogP contribution < -0.4 is 15.9 Å². The molecular formula is C19H16ClOPRh. The number of benzene rings is 3. The summed E-state index contributed by atoms with van der Waals surface area (Å²) >= 11 is 6.23. The van der Waals surface area contributed by atoms with Gasteiger partial charge in [-0.15, -0.1) is 0 Å². The molecule has 0 amide bonds. The standard InChI is InChI=1S/C19H16ClOP.Rh/c20-19(21)22(16-10-4-1-5-11-16,17-12-6-2-7-13-17)18-14-8-3-9-15-18;/h1-15,22H;. The van der Waals surface area contributed by atoms with E-state index in [9.17, 15) is 4.79 Å². The quantitative estimate of drug-likeness (QED) is 0.347. The first kappa shape index (κ1) is 18.0. The molecule has 0 saturated heterocycles. The molecule has 0 aromatic heterocycles. The van der Waals surface area contributed by atoms with E-state index < -0.39 is 7.26 Å². The maximum atomic E-state index is 12.7. The van der Waals surface area contributed by atoms with Crippen molar-refractivity contribution in [2.75, 3.05) is 0 Å². The SMILES string of the molecule is O=C(Cl)[PH](c1ccccc1)(c1ccccc1)c1ccccc1.[Rh]. The van der Waals surface area contributed by atoms with E-state index in [4.69, 9.17) is 11.6 Å². The van der Waals surface area contributed by atoms with Crippen molar-refractivity contribution in [2.45, 2.75) is 0 Å². The van der Waals surface area contributed by atoms with Crippen molar-refractivity contribution >= 4 is 39.8 Å². The molecule has 0 aliphatic rings. The third kappa shape index (κ3) is 3.31. The summed E-state index contributed by atoms with van der Waals surface area (Å²) < 4.78 is 0. The molecule has 0 N–H and O–H groups in total. The topological polar surface area (TPSA) is 17.1 Å². The van der Waals surface area contributed by atoms with Gasteiger partial charge in [-0.2, -0.15) is 0 Å². The van der Waals surface area contributed by atoms with Crippen LogP contribution in [0.5, 0.6) is 0 Å². The van der Waals surface area contributed by atoms with Crippen molar-refractivity contribution in [3.05, 3.63) is 91.0 Å². The molecule has 0 saturated carbocycles. The third-order valence-electron chi connectivity index (χ3n) is 3.92. The Hall–Kier alpha value is -1.33. The Bertz CT molecular complexity index is 666. The summed E-state index contributed by atoms with van der Waals surface area (Å²) in [5.74, 6) is 0. The van der Waals surface area contributed by atoms with Crippen molar-refractivity contribution in [2.24, 2.45) is 0 Å². The Morgan fingerprint density at radius 1 is 0.609 bits per heavy atom. The number of halogens is 1. The molecule has 1 radical (unpaired) electrons. The first-order valence-electron chi connectivity index (χ1n) is 7.13. The van der Waals surface area contributed by atoms with Crippen LogP contribution in [0.15, 0.2) is 91.0 Å². The molecule has 0 bridgehead atoms. The number of hydrogen-bond donors (Lipinski definition) is 0. The Kier molecular flexibility index (Phi) is 6.25. The molecule has 1 nitrogen and oxygen atoms in total.